The van der Waals surface area contributed by atoms with Crippen molar-refractivity contribution >= 4 is 17.4 Å². The van der Waals surface area contributed by atoms with E-state index >= 15 is 0 Å². The molecular formula is C15H21N3S. The summed E-state index contributed by atoms with van der Waals surface area (Å²) in [5.74, 6) is 0.900. The van der Waals surface area contributed by atoms with E-state index in [2.05, 4.69) is 48.0 Å². The van der Waals surface area contributed by atoms with Crippen molar-refractivity contribution in [2.24, 2.45) is 0 Å². The monoisotopic (exact) mass is 275 g/mol. The minimum atomic E-state index is 0.523. The molecule has 0 aliphatic rings. The molecule has 19 heavy (non-hydrogen) atoms. The zero-order chi connectivity index (χ0) is 13.7. The van der Waals surface area contributed by atoms with Gasteiger partial charge in [0, 0.05) is 22.5 Å². The molecule has 0 amide bonds. The summed E-state index contributed by atoms with van der Waals surface area (Å²) in [5.41, 5.74) is 7.62. The fourth-order valence-corrected chi connectivity index (χ4v) is 2.84. The maximum Gasteiger partial charge on any atom is 0.0727 e. The Kier molecular flexibility index (Phi) is 4.91. The summed E-state index contributed by atoms with van der Waals surface area (Å²) < 4.78 is 2.10. The highest BCUT2D eigenvalue weighted by Gasteiger charge is 2.07. The van der Waals surface area contributed by atoms with Crippen LogP contribution in [0.3, 0.4) is 0 Å². The van der Waals surface area contributed by atoms with Crippen molar-refractivity contribution in [3.63, 3.8) is 0 Å². The van der Waals surface area contributed by atoms with Crippen molar-refractivity contribution in [1.82, 2.24) is 9.78 Å². The average Bonchev–Trinajstić information content (AvgIpc) is 2.88. The van der Waals surface area contributed by atoms with E-state index in [1.54, 1.807) is 11.8 Å². The third kappa shape index (κ3) is 3.77. The molecule has 2 rings (SSSR count). The van der Waals surface area contributed by atoms with Crippen molar-refractivity contribution in [2.45, 2.75) is 43.4 Å². The molecule has 0 fully saturated rings. The van der Waals surface area contributed by atoms with Crippen LogP contribution in [0.4, 0.5) is 5.69 Å². The van der Waals surface area contributed by atoms with E-state index in [-0.39, 0.29) is 0 Å². The number of anilines is 1. The smallest absolute Gasteiger partial charge is 0.0727 e. The van der Waals surface area contributed by atoms with Crippen LogP contribution < -0.4 is 5.73 Å². The van der Waals surface area contributed by atoms with Crippen LogP contribution in [-0.2, 0) is 5.75 Å². The Morgan fingerprint density at radius 1 is 1.16 bits per heavy atom. The molecule has 0 saturated carbocycles. The summed E-state index contributed by atoms with van der Waals surface area (Å²) in [6.45, 7) is 4.41. The second kappa shape index (κ2) is 6.66. The minimum Gasteiger partial charge on any atom is -0.399 e. The second-order valence-electron chi connectivity index (χ2n) is 4.62. The van der Waals surface area contributed by atoms with Gasteiger partial charge in [-0.2, -0.15) is 5.10 Å². The summed E-state index contributed by atoms with van der Waals surface area (Å²) in [6.07, 6.45) is 4.35. The molecule has 0 aliphatic heterocycles. The number of nitrogens with zero attached hydrogens (tertiary/aromatic N) is 2. The zero-order valence-electron chi connectivity index (χ0n) is 11.5. The molecule has 1 heterocycles. The van der Waals surface area contributed by atoms with Gasteiger partial charge in [0.15, 0.2) is 0 Å². The molecule has 0 radical (unpaired) electrons. The first-order valence-electron chi connectivity index (χ1n) is 6.75. The number of thioether (sulfide) groups is 1. The van der Waals surface area contributed by atoms with Crippen LogP contribution in [0.2, 0.25) is 0 Å². The highest BCUT2D eigenvalue weighted by Crippen LogP contribution is 2.23. The van der Waals surface area contributed by atoms with E-state index in [0.717, 1.165) is 30.0 Å². The molecule has 3 nitrogen and oxygen atoms in total. The topological polar surface area (TPSA) is 43.8 Å². The SMILES string of the molecule is CCC(CC)n1ccc(CSc2ccc(N)cc2)n1. The molecule has 0 spiro atoms. The Hall–Kier alpha value is -1.42. The standard InChI is InChI=1S/C15H21N3S/c1-3-14(4-2)18-10-9-13(17-18)11-19-15-7-5-12(16)6-8-15/h5-10,14H,3-4,11,16H2,1-2H3. The van der Waals surface area contributed by atoms with Gasteiger partial charge in [-0.1, -0.05) is 13.8 Å². The summed E-state index contributed by atoms with van der Waals surface area (Å²) >= 11 is 1.79. The van der Waals surface area contributed by atoms with E-state index < -0.39 is 0 Å². The van der Waals surface area contributed by atoms with Crippen LogP contribution in [0, 0.1) is 0 Å². The molecular weight excluding hydrogens is 254 g/mol. The first-order chi connectivity index (χ1) is 9.22. The molecule has 4 heteroatoms. The lowest BCUT2D eigenvalue weighted by atomic mass is 10.2. The van der Waals surface area contributed by atoms with Gasteiger partial charge in [0.1, 0.15) is 0 Å². The predicted octanol–water partition coefficient (Wildman–Crippen LogP) is 4.12. The van der Waals surface area contributed by atoms with E-state index in [1.807, 2.05) is 12.1 Å². The second-order valence-corrected chi connectivity index (χ2v) is 5.66. The maximum atomic E-state index is 5.68. The van der Waals surface area contributed by atoms with Crippen LogP contribution in [-0.4, -0.2) is 9.78 Å². The Balaban J connectivity index is 1.95. The third-order valence-corrected chi connectivity index (χ3v) is 4.29. The Labute approximate surface area is 119 Å². The molecule has 0 unspecified atom stereocenters. The Bertz CT molecular complexity index is 500. The fourth-order valence-electron chi connectivity index (χ4n) is 2.04. The minimum absolute atomic E-state index is 0.523. The number of rotatable bonds is 6. The van der Waals surface area contributed by atoms with Crippen LogP contribution in [0.25, 0.3) is 0 Å². The quantitative estimate of drug-likeness (QED) is 0.637. The predicted molar refractivity (Wildman–Crippen MR) is 82.3 cm³/mol. The highest BCUT2D eigenvalue weighted by atomic mass is 32.2. The van der Waals surface area contributed by atoms with Gasteiger partial charge in [0.25, 0.3) is 0 Å². The van der Waals surface area contributed by atoms with Gasteiger partial charge in [-0.05, 0) is 43.2 Å². The zero-order valence-corrected chi connectivity index (χ0v) is 12.4. The Morgan fingerprint density at radius 3 is 2.47 bits per heavy atom. The number of nitrogen functional groups attached to an aromatic ring is 1. The third-order valence-electron chi connectivity index (χ3n) is 3.25. The van der Waals surface area contributed by atoms with Crippen LogP contribution in [0.15, 0.2) is 41.4 Å². The molecule has 0 aliphatic carbocycles. The van der Waals surface area contributed by atoms with Gasteiger partial charge >= 0.3 is 0 Å². The van der Waals surface area contributed by atoms with E-state index in [9.17, 15) is 0 Å². The first-order valence-corrected chi connectivity index (χ1v) is 7.73. The van der Waals surface area contributed by atoms with Crippen molar-refractivity contribution in [3.05, 3.63) is 42.2 Å². The summed E-state index contributed by atoms with van der Waals surface area (Å²) in [4.78, 5) is 1.23. The molecule has 1 aromatic carbocycles. The Morgan fingerprint density at radius 2 is 1.84 bits per heavy atom. The van der Waals surface area contributed by atoms with Gasteiger partial charge < -0.3 is 5.73 Å². The van der Waals surface area contributed by atoms with Crippen molar-refractivity contribution in [1.29, 1.82) is 0 Å². The number of hydrogen-bond donors (Lipinski definition) is 1. The number of benzene rings is 1. The highest BCUT2D eigenvalue weighted by molar-refractivity contribution is 7.98. The lowest BCUT2D eigenvalue weighted by Crippen LogP contribution is -2.07. The average molecular weight is 275 g/mol. The summed E-state index contributed by atoms with van der Waals surface area (Å²) in [5, 5.41) is 4.66. The van der Waals surface area contributed by atoms with Crippen molar-refractivity contribution in [3.8, 4) is 0 Å². The van der Waals surface area contributed by atoms with Gasteiger partial charge in [0.05, 0.1) is 11.7 Å². The van der Waals surface area contributed by atoms with E-state index in [4.69, 9.17) is 5.73 Å². The fraction of sp³-hybridized carbons (Fsp3) is 0.400. The number of nitrogens with two attached hydrogens (primary N) is 1. The van der Waals surface area contributed by atoms with Crippen LogP contribution in [0.5, 0.6) is 0 Å². The summed E-state index contributed by atoms with van der Waals surface area (Å²) in [7, 11) is 0. The van der Waals surface area contributed by atoms with Gasteiger partial charge in [-0.25, -0.2) is 0 Å². The molecule has 2 N–H and O–H groups in total. The van der Waals surface area contributed by atoms with Crippen molar-refractivity contribution in [2.75, 3.05) is 5.73 Å². The lowest BCUT2D eigenvalue weighted by molar-refractivity contribution is 0.426. The molecule has 0 atom stereocenters. The lowest BCUT2D eigenvalue weighted by Gasteiger charge is -2.12. The number of aromatic nitrogens is 2. The van der Waals surface area contributed by atoms with E-state index in [1.165, 1.54) is 4.90 Å². The molecule has 1 aromatic heterocycles. The van der Waals surface area contributed by atoms with Gasteiger partial charge in [0.2, 0.25) is 0 Å². The maximum absolute atomic E-state index is 5.68. The van der Waals surface area contributed by atoms with Gasteiger partial charge in [-0.3, -0.25) is 4.68 Å². The molecule has 2 aromatic rings. The van der Waals surface area contributed by atoms with Crippen LogP contribution in [0.1, 0.15) is 38.4 Å². The molecule has 0 saturated heterocycles. The van der Waals surface area contributed by atoms with Gasteiger partial charge in [-0.15, -0.1) is 11.8 Å². The summed E-state index contributed by atoms with van der Waals surface area (Å²) in [6, 6.07) is 10.6. The normalized spacial score (nSPS) is 11.1. The van der Waals surface area contributed by atoms with E-state index in [0.29, 0.717) is 6.04 Å². The van der Waals surface area contributed by atoms with Crippen LogP contribution >= 0.6 is 11.8 Å². The van der Waals surface area contributed by atoms with Crippen molar-refractivity contribution < 1.29 is 0 Å². The first kappa shape index (κ1) is 14.0. The molecule has 102 valence electrons. The number of hydrogen-bond acceptors (Lipinski definition) is 3. The molecule has 0 bridgehead atoms. The largest absolute Gasteiger partial charge is 0.399 e.